The van der Waals surface area contributed by atoms with Crippen molar-refractivity contribution in [1.29, 1.82) is 0 Å². The second-order valence-electron chi connectivity index (χ2n) is 7.32. The number of aryl methyl sites for hydroxylation is 2. The van der Waals surface area contributed by atoms with Gasteiger partial charge in [-0.2, -0.15) is 0 Å². The van der Waals surface area contributed by atoms with E-state index in [1.165, 1.54) is 34.4 Å². The van der Waals surface area contributed by atoms with Gasteiger partial charge in [-0.1, -0.05) is 23.1 Å². The molecule has 4 aromatic rings. The Labute approximate surface area is 191 Å². The molecule has 0 saturated heterocycles. The van der Waals surface area contributed by atoms with E-state index in [0.29, 0.717) is 15.7 Å². The summed E-state index contributed by atoms with van der Waals surface area (Å²) in [6.45, 7) is 7.84. The normalized spacial score (nSPS) is 11.5. The quantitative estimate of drug-likeness (QED) is 0.312. The Morgan fingerprint density at radius 2 is 2.03 bits per heavy atom. The summed E-state index contributed by atoms with van der Waals surface area (Å²) in [6, 6.07) is 5.53. The van der Waals surface area contributed by atoms with Crippen molar-refractivity contribution >= 4 is 65.9 Å². The number of rotatable bonds is 6. The molecule has 10 heteroatoms. The highest BCUT2D eigenvalue weighted by Gasteiger charge is 2.19. The van der Waals surface area contributed by atoms with Gasteiger partial charge in [0.2, 0.25) is 5.91 Å². The fourth-order valence-electron chi connectivity index (χ4n) is 3.22. The molecule has 3 heterocycles. The molecular weight excluding hydrogens is 452 g/mol. The van der Waals surface area contributed by atoms with Crippen LogP contribution in [-0.4, -0.2) is 33.3 Å². The van der Waals surface area contributed by atoms with Crippen molar-refractivity contribution in [2.75, 3.05) is 18.2 Å². The first-order valence-electron chi connectivity index (χ1n) is 9.68. The molecule has 1 amide bonds. The number of aromatic nitrogens is 3. The second-order valence-corrected chi connectivity index (χ2v) is 10.5. The van der Waals surface area contributed by atoms with Gasteiger partial charge in [0, 0.05) is 10.9 Å². The highest BCUT2D eigenvalue weighted by atomic mass is 32.2. The van der Waals surface area contributed by atoms with Crippen molar-refractivity contribution in [3.63, 3.8) is 0 Å². The van der Waals surface area contributed by atoms with Crippen molar-refractivity contribution < 1.29 is 9.53 Å². The average Bonchev–Trinajstić information content (AvgIpc) is 3.24. The minimum absolute atomic E-state index is 0.0510. The van der Waals surface area contributed by atoms with Crippen LogP contribution in [0.25, 0.3) is 20.4 Å². The van der Waals surface area contributed by atoms with E-state index in [4.69, 9.17) is 9.72 Å². The number of hydrogen-bond donors (Lipinski definition) is 1. The number of fused-ring (bicyclic) bond motifs is 2. The third kappa shape index (κ3) is 4.19. The molecule has 0 aliphatic rings. The van der Waals surface area contributed by atoms with Crippen molar-refractivity contribution in [3.05, 3.63) is 39.0 Å². The molecule has 0 atom stereocenters. The van der Waals surface area contributed by atoms with Crippen LogP contribution >= 0.6 is 34.4 Å². The number of amides is 1. The van der Waals surface area contributed by atoms with Gasteiger partial charge in [0.1, 0.15) is 10.6 Å². The van der Waals surface area contributed by atoms with Gasteiger partial charge < -0.3 is 10.1 Å². The van der Waals surface area contributed by atoms with Gasteiger partial charge in [-0.25, -0.2) is 9.97 Å². The van der Waals surface area contributed by atoms with Gasteiger partial charge in [0.25, 0.3) is 5.56 Å². The number of nitrogens with zero attached hydrogens (tertiary/aromatic N) is 3. The fourth-order valence-corrected chi connectivity index (χ4v) is 6.12. The zero-order valence-corrected chi connectivity index (χ0v) is 20.3. The lowest BCUT2D eigenvalue weighted by Gasteiger charge is -2.15. The molecule has 1 N–H and O–H groups in total. The van der Waals surface area contributed by atoms with E-state index >= 15 is 0 Å². The Morgan fingerprint density at radius 1 is 1.26 bits per heavy atom. The van der Waals surface area contributed by atoms with Crippen molar-refractivity contribution in [2.45, 2.75) is 38.9 Å². The van der Waals surface area contributed by atoms with Crippen LogP contribution < -0.4 is 15.6 Å². The molecule has 31 heavy (non-hydrogen) atoms. The Kier molecular flexibility index (Phi) is 6.05. The molecule has 162 valence electrons. The summed E-state index contributed by atoms with van der Waals surface area (Å²) in [7, 11) is 1.61. The number of thiophene rings is 1. The number of methoxy groups -OCH3 is 1. The van der Waals surface area contributed by atoms with Gasteiger partial charge in [-0.3, -0.25) is 14.2 Å². The van der Waals surface area contributed by atoms with Crippen molar-refractivity contribution in [2.24, 2.45) is 0 Å². The molecule has 0 fully saturated rings. The first kappa shape index (κ1) is 21.8. The lowest BCUT2D eigenvalue weighted by Crippen LogP contribution is -2.25. The van der Waals surface area contributed by atoms with Crippen LogP contribution in [0.15, 0.2) is 28.2 Å². The number of thioether (sulfide) groups is 1. The van der Waals surface area contributed by atoms with Crippen LogP contribution in [0.4, 0.5) is 5.13 Å². The molecule has 0 aliphatic carbocycles. The Hall–Kier alpha value is -2.43. The molecule has 0 aliphatic heterocycles. The van der Waals surface area contributed by atoms with Crippen LogP contribution in [0, 0.1) is 13.8 Å². The molecule has 0 spiro atoms. The van der Waals surface area contributed by atoms with E-state index in [0.717, 1.165) is 31.2 Å². The van der Waals surface area contributed by atoms with E-state index in [1.54, 1.807) is 11.7 Å². The Morgan fingerprint density at radius 3 is 2.74 bits per heavy atom. The van der Waals surface area contributed by atoms with Gasteiger partial charge in [0.05, 0.1) is 28.5 Å². The first-order valence-corrected chi connectivity index (χ1v) is 12.3. The van der Waals surface area contributed by atoms with Crippen LogP contribution in [0.1, 0.15) is 30.3 Å². The average molecular weight is 475 g/mol. The van der Waals surface area contributed by atoms with E-state index < -0.39 is 0 Å². The highest BCUT2D eigenvalue weighted by molar-refractivity contribution is 7.99. The predicted octanol–water partition coefficient (Wildman–Crippen LogP) is 5.00. The number of ether oxygens (including phenoxy) is 1. The van der Waals surface area contributed by atoms with E-state index in [9.17, 15) is 9.59 Å². The largest absolute Gasteiger partial charge is 0.497 e. The molecular formula is C21H22N4O3S3. The Bertz CT molecular complexity index is 1350. The highest BCUT2D eigenvalue weighted by Crippen LogP contribution is 2.31. The number of carbonyl (C=O) groups is 1. The first-order chi connectivity index (χ1) is 14.8. The second kappa shape index (κ2) is 8.60. The van der Waals surface area contributed by atoms with E-state index in [1.807, 2.05) is 45.9 Å². The van der Waals surface area contributed by atoms with Crippen LogP contribution in [0.3, 0.4) is 0 Å². The molecule has 0 radical (unpaired) electrons. The van der Waals surface area contributed by atoms with Crippen molar-refractivity contribution in [3.8, 4) is 5.75 Å². The number of thiazole rings is 1. The molecule has 0 unspecified atom stereocenters. The molecule has 0 bridgehead atoms. The maximum atomic E-state index is 13.1. The monoisotopic (exact) mass is 474 g/mol. The summed E-state index contributed by atoms with van der Waals surface area (Å²) in [4.78, 5) is 36.6. The minimum atomic E-state index is -0.195. The number of nitrogens with one attached hydrogen (secondary N) is 1. The summed E-state index contributed by atoms with van der Waals surface area (Å²) in [5, 5.41) is 4.61. The predicted molar refractivity (Wildman–Crippen MR) is 129 cm³/mol. The van der Waals surface area contributed by atoms with Crippen LogP contribution in [0.5, 0.6) is 5.75 Å². The third-order valence-corrected chi connectivity index (χ3v) is 7.88. The van der Waals surface area contributed by atoms with Gasteiger partial charge in [0.15, 0.2) is 10.3 Å². The summed E-state index contributed by atoms with van der Waals surface area (Å²) in [5.41, 5.74) is 1.73. The summed E-state index contributed by atoms with van der Waals surface area (Å²) >= 11 is 4.17. The number of hydrogen-bond acceptors (Lipinski definition) is 8. The van der Waals surface area contributed by atoms with Crippen molar-refractivity contribution in [1.82, 2.24) is 14.5 Å². The molecule has 1 aromatic carbocycles. The maximum absolute atomic E-state index is 13.1. The molecule has 4 rings (SSSR count). The SMILES string of the molecule is COc1ccc2nc(NC(=O)CSc3nc4sc(C)c(C)c4c(=O)n3C(C)C)sc2c1. The van der Waals surface area contributed by atoms with Gasteiger partial charge in [-0.05, 0) is 51.5 Å². The lowest BCUT2D eigenvalue weighted by atomic mass is 10.2. The van der Waals surface area contributed by atoms with Crippen LogP contribution in [-0.2, 0) is 4.79 Å². The summed E-state index contributed by atoms with van der Waals surface area (Å²) in [5.74, 6) is 0.684. The lowest BCUT2D eigenvalue weighted by molar-refractivity contribution is -0.113. The molecule has 0 saturated carbocycles. The van der Waals surface area contributed by atoms with Crippen LogP contribution in [0.2, 0.25) is 0 Å². The number of benzene rings is 1. The number of anilines is 1. The third-order valence-electron chi connectivity index (χ3n) is 4.89. The summed E-state index contributed by atoms with van der Waals surface area (Å²) in [6.07, 6.45) is 0. The standard InChI is InChI=1S/C21H22N4O3S3/c1-10(2)25-19(27)17-11(3)12(4)30-18(17)24-21(25)29-9-16(26)23-20-22-14-7-6-13(28-5)8-15(14)31-20/h6-8,10H,9H2,1-5H3,(H,22,23,26). The fraction of sp³-hybridized carbons (Fsp3) is 0.333. The van der Waals surface area contributed by atoms with E-state index in [-0.39, 0.29) is 23.3 Å². The Balaban J connectivity index is 1.55. The zero-order chi connectivity index (χ0) is 22.3. The van der Waals surface area contributed by atoms with Gasteiger partial charge >= 0.3 is 0 Å². The summed E-state index contributed by atoms with van der Waals surface area (Å²) < 4.78 is 7.84. The molecule has 3 aromatic heterocycles. The smallest absolute Gasteiger partial charge is 0.263 e. The zero-order valence-electron chi connectivity index (χ0n) is 17.8. The topological polar surface area (TPSA) is 86.1 Å². The molecule has 7 nitrogen and oxygen atoms in total. The minimum Gasteiger partial charge on any atom is -0.497 e. The van der Waals surface area contributed by atoms with E-state index in [2.05, 4.69) is 10.3 Å². The maximum Gasteiger partial charge on any atom is 0.263 e. The number of carbonyl (C=O) groups excluding carboxylic acids is 1. The van der Waals surface area contributed by atoms with Gasteiger partial charge in [-0.15, -0.1) is 11.3 Å².